The highest BCUT2D eigenvalue weighted by molar-refractivity contribution is 3.84. The average Bonchev–Trinajstić information content (AvgIpc) is 1.56. The summed E-state index contributed by atoms with van der Waals surface area (Å²) in [6, 6.07) is 0. The molecule has 0 aliphatic carbocycles. The third-order valence-corrected chi connectivity index (χ3v) is 0. The summed E-state index contributed by atoms with van der Waals surface area (Å²) in [5, 5.41) is 21.5. The van der Waals surface area contributed by atoms with Crippen molar-refractivity contribution in [1.29, 1.82) is 0 Å². The van der Waals surface area contributed by atoms with Gasteiger partial charge in [0.2, 0.25) is 0 Å². The number of halogens is 1. The second kappa shape index (κ2) is 9.73. The van der Waals surface area contributed by atoms with Crippen LogP contribution in [-0.2, 0) is 0 Å². The Morgan fingerprint density at radius 2 is 1.33 bits per heavy atom. The second-order valence-corrected chi connectivity index (χ2v) is 1.51. The van der Waals surface area contributed by atoms with E-state index in [0.29, 0.717) is 0 Å². The Bertz CT molecular complexity index is 104. The molecule has 0 unspecified atom stereocenters. The molecule has 12 heteroatoms. The van der Waals surface area contributed by atoms with Gasteiger partial charge in [0.1, 0.15) is 0 Å². The Hall–Kier alpha value is -1.27. The van der Waals surface area contributed by atoms with Gasteiger partial charge in [-0.05, 0) is 0 Å². The molecule has 0 spiro atoms. The summed E-state index contributed by atoms with van der Waals surface area (Å²) in [6.45, 7) is 0. The van der Waals surface area contributed by atoms with Gasteiger partial charge in [0, 0.05) is 0 Å². The molecule has 3 N–H and O–H groups in total. The van der Waals surface area contributed by atoms with Crippen molar-refractivity contribution in [3.05, 3.63) is 15.0 Å². The van der Waals surface area contributed by atoms with Crippen LogP contribution >= 0.6 is 0 Å². The molecule has 11 nitrogen and oxygen atoms in total. The summed E-state index contributed by atoms with van der Waals surface area (Å²) >= 11 is 0. The van der Waals surface area contributed by atoms with Crippen molar-refractivity contribution in [3.8, 4) is 0 Å². The SMILES string of the molecule is O=NO.O=[N+]([O-])O.[O-][Cl+3]([O-])([O-])O. The molecule has 0 heterocycles. The van der Waals surface area contributed by atoms with Crippen LogP contribution in [0.25, 0.3) is 0 Å². The Kier molecular flexibility index (Phi) is 13.8. The topological polar surface area (TPSA) is 202 Å². The monoisotopic (exact) mass is 210 g/mol. The van der Waals surface area contributed by atoms with E-state index in [4.69, 9.17) is 44.1 Å². The van der Waals surface area contributed by atoms with E-state index in [1.807, 2.05) is 0 Å². The van der Waals surface area contributed by atoms with Gasteiger partial charge in [-0.25, -0.2) is 0 Å². The van der Waals surface area contributed by atoms with Crippen molar-refractivity contribution in [2.75, 3.05) is 0 Å². The van der Waals surface area contributed by atoms with Crippen molar-refractivity contribution in [3.63, 3.8) is 0 Å². The van der Waals surface area contributed by atoms with Crippen LogP contribution in [0, 0.1) is 25.3 Å². The number of hydrogen-bond acceptors (Lipinski definition) is 8. The molecular formula is H3ClN2O9. The highest BCUT2D eigenvalue weighted by Gasteiger charge is 1.98. The van der Waals surface area contributed by atoms with E-state index >= 15 is 0 Å². The third kappa shape index (κ3) is 323. The van der Waals surface area contributed by atoms with Gasteiger partial charge in [0.15, 0.2) is 5.34 Å². The van der Waals surface area contributed by atoms with E-state index in [-0.39, 0.29) is 0 Å². The standard InChI is InChI=1S/ClHO4.HNO3.HNO2/c2-1(3,4)5;2-1(3)4;2-1-3/h(H,2,3,4,5);(H,2,3,4);(H,2,3). The maximum Gasteiger partial charge on any atom is 0.291 e. The highest BCUT2D eigenvalue weighted by Crippen LogP contribution is 1.60. The van der Waals surface area contributed by atoms with Crippen LogP contribution in [0.15, 0.2) is 5.34 Å². The summed E-state index contributed by atoms with van der Waals surface area (Å²) in [7, 11) is -4.69. The molecule has 0 aromatic rings. The zero-order valence-electron chi connectivity index (χ0n) is 5.06. The van der Waals surface area contributed by atoms with Crippen LogP contribution in [0.1, 0.15) is 0 Å². The molecule has 0 aliphatic rings. The van der Waals surface area contributed by atoms with E-state index in [9.17, 15) is 0 Å². The summed E-state index contributed by atoms with van der Waals surface area (Å²) < 4.78 is 32.7. The lowest BCUT2D eigenvalue weighted by Gasteiger charge is -2.03. The first-order chi connectivity index (χ1) is 5.15. The molecule has 0 rings (SSSR count). The van der Waals surface area contributed by atoms with Gasteiger partial charge in [-0.2, -0.15) is 14.0 Å². The molecule has 0 amide bonds. The fraction of sp³-hybridized carbons (Fsp3) is 0. The summed E-state index contributed by atoms with van der Waals surface area (Å²) in [6.07, 6.45) is 0. The van der Waals surface area contributed by atoms with E-state index in [2.05, 4.69) is 0 Å². The normalized spacial score (nSPS) is 8.00. The maximum atomic E-state index is 8.60. The minimum absolute atomic E-state index is 1.25. The van der Waals surface area contributed by atoms with Crippen molar-refractivity contribution in [1.82, 2.24) is 0 Å². The van der Waals surface area contributed by atoms with E-state index in [0.717, 1.165) is 0 Å². The highest BCUT2D eigenvalue weighted by atomic mass is 35.7. The summed E-state index contributed by atoms with van der Waals surface area (Å²) in [5.41, 5.74) is 0. The van der Waals surface area contributed by atoms with Crippen LogP contribution in [0.5, 0.6) is 0 Å². The maximum absolute atomic E-state index is 8.60. The van der Waals surface area contributed by atoms with E-state index in [1.165, 1.54) is 5.34 Å². The number of nitrogens with zero attached hydrogens (tertiary/aromatic N) is 2. The minimum Gasteiger partial charge on any atom is -0.379 e. The predicted molar refractivity (Wildman–Crippen MR) is 18.6 cm³/mol. The average molecular weight is 210 g/mol. The fourth-order valence-electron chi connectivity index (χ4n) is 0. The van der Waals surface area contributed by atoms with Crippen LogP contribution in [0.4, 0.5) is 0 Å². The van der Waals surface area contributed by atoms with Gasteiger partial charge in [0.05, 0.1) is 14.9 Å². The van der Waals surface area contributed by atoms with Crippen molar-refractivity contribution in [2.24, 2.45) is 5.34 Å². The third-order valence-electron chi connectivity index (χ3n) is 0. The number of hydrogen-bond donors (Lipinski definition) is 3. The Morgan fingerprint density at radius 1 is 1.33 bits per heavy atom. The molecule has 0 atom stereocenters. The van der Waals surface area contributed by atoms with Gasteiger partial charge in [0.25, 0.3) is 5.09 Å². The van der Waals surface area contributed by atoms with Gasteiger partial charge < -0.3 is 10.4 Å². The van der Waals surface area contributed by atoms with Crippen molar-refractivity contribution < 1.29 is 44.4 Å². The zero-order valence-corrected chi connectivity index (χ0v) is 5.82. The molecule has 0 aromatic heterocycles. The molecule has 0 bridgehead atoms. The van der Waals surface area contributed by atoms with Crippen LogP contribution in [0.3, 0.4) is 0 Å². The largest absolute Gasteiger partial charge is 0.379 e. The first kappa shape index (κ1) is 17.0. The lowest BCUT2D eigenvalue weighted by Crippen LogP contribution is -2.58. The van der Waals surface area contributed by atoms with Gasteiger partial charge in [-0.1, -0.05) is 0 Å². The lowest BCUT2D eigenvalue weighted by molar-refractivity contribution is -1.92. The van der Waals surface area contributed by atoms with Gasteiger partial charge >= 0.3 is 0 Å². The zero-order chi connectivity index (χ0) is 10.8. The van der Waals surface area contributed by atoms with Crippen LogP contribution < -0.4 is 14.0 Å². The first-order valence-electron chi connectivity index (χ1n) is 1.58. The van der Waals surface area contributed by atoms with Crippen LogP contribution in [0.2, 0.25) is 0 Å². The second-order valence-electron chi connectivity index (χ2n) is 0.715. The Balaban J connectivity index is -0.000000105. The number of rotatable bonds is 0. The molecule has 0 aromatic carbocycles. The Labute approximate surface area is 65.9 Å². The molecule has 74 valence electrons. The van der Waals surface area contributed by atoms with E-state index in [1.54, 1.807) is 0 Å². The fourth-order valence-corrected chi connectivity index (χ4v) is 0. The van der Waals surface area contributed by atoms with E-state index < -0.39 is 15.3 Å². The minimum atomic E-state index is -4.69. The summed E-state index contributed by atoms with van der Waals surface area (Å²) in [5.74, 6) is 0. The smallest absolute Gasteiger partial charge is 0.291 e. The predicted octanol–water partition coefficient (Wildman–Crippen LogP) is -4.33. The summed E-state index contributed by atoms with van der Waals surface area (Å²) in [4.78, 5) is 16.5. The molecule has 0 aliphatic heterocycles. The molecule has 0 saturated carbocycles. The molecular weight excluding hydrogens is 207 g/mol. The van der Waals surface area contributed by atoms with Crippen molar-refractivity contribution >= 4 is 0 Å². The molecule has 0 radical (unpaired) electrons. The first-order valence-corrected chi connectivity index (χ1v) is 2.84. The molecule has 0 saturated heterocycles. The molecule has 0 fully saturated rings. The van der Waals surface area contributed by atoms with Gasteiger partial charge in [-0.15, -0.1) is 15.0 Å². The van der Waals surface area contributed by atoms with Gasteiger partial charge in [-0.3, -0.25) is 0 Å². The molecule has 12 heavy (non-hydrogen) atoms. The van der Waals surface area contributed by atoms with Crippen molar-refractivity contribution in [2.45, 2.75) is 0 Å². The quantitative estimate of drug-likeness (QED) is 0.200. The Morgan fingerprint density at radius 3 is 1.33 bits per heavy atom. The lowest BCUT2D eigenvalue weighted by atomic mass is 13.1. The van der Waals surface area contributed by atoms with Crippen LogP contribution in [-0.4, -0.2) is 20.2 Å².